The smallest absolute Gasteiger partial charge is 0.277 e. The third kappa shape index (κ3) is 5.33. The van der Waals surface area contributed by atoms with Crippen LogP contribution in [0.2, 0.25) is 0 Å². The second-order valence-electron chi connectivity index (χ2n) is 4.36. The fourth-order valence-electron chi connectivity index (χ4n) is 1.57. The number of hydrogen-bond donors (Lipinski definition) is 2. The average molecular weight is 446 g/mol. The van der Waals surface area contributed by atoms with Crippen molar-refractivity contribution in [2.75, 3.05) is 6.61 Å². The van der Waals surface area contributed by atoms with E-state index in [2.05, 4.69) is 42.4 Å². The summed E-state index contributed by atoms with van der Waals surface area (Å²) in [4.78, 5) is 11.6. The van der Waals surface area contributed by atoms with E-state index in [1.54, 1.807) is 12.1 Å². The molecule has 0 spiro atoms. The van der Waals surface area contributed by atoms with Crippen LogP contribution in [0.1, 0.15) is 5.56 Å². The summed E-state index contributed by atoms with van der Waals surface area (Å²) in [5.41, 5.74) is 2.69. The summed E-state index contributed by atoms with van der Waals surface area (Å²) in [5.74, 6) is -0.488. The molecule has 0 aromatic heterocycles. The number of carbonyl (C=O) groups excluding carboxylic acids is 1. The number of halogens is 3. The number of aromatic hydroxyl groups is 1. The minimum atomic E-state index is -0.487. The number of nitrogens with one attached hydrogen (secondary N) is 1. The van der Waals surface area contributed by atoms with Crippen LogP contribution < -0.4 is 10.2 Å². The number of rotatable bonds is 5. The Bertz CT molecular complexity index is 736. The molecule has 0 unspecified atom stereocenters. The van der Waals surface area contributed by atoms with Crippen LogP contribution in [0.25, 0.3) is 0 Å². The summed E-state index contributed by atoms with van der Waals surface area (Å²) in [5, 5.41) is 13.6. The quantitative estimate of drug-likeness (QED) is 0.545. The van der Waals surface area contributed by atoms with Gasteiger partial charge >= 0.3 is 0 Å². The molecule has 0 aliphatic carbocycles. The number of hydrogen-bond acceptors (Lipinski definition) is 4. The summed E-state index contributed by atoms with van der Waals surface area (Å²) < 4.78 is 19.1. The number of carbonyl (C=O) groups is 1. The molecule has 0 aliphatic heterocycles. The first-order chi connectivity index (χ1) is 11.0. The topological polar surface area (TPSA) is 70.9 Å². The number of nitrogens with zero attached hydrogens (tertiary/aromatic N) is 1. The lowest BCUT2D eigenvalue weighted by atomic mass is 10.2. The largest absolute Gasteiger partial charge is 0.506 e. The van der Waals surface area contributed by atoms with Crippen molar-refractivity contribution in [3.63, 3.8) is 0 Å². The lowest BCUT2D eigenvalue weighted by Crippen LogP contribution is -2.24. The van der Waals surface area contributed by atoms with Crippen molar-refractivity contribution in [3.8, 4) is 11.5 Å². The number of phenols is 1. The maximum atomic E-state index is 12.7. The summed E-state index contributed by atoms with van der Waals surface area (Å²) >= 11 is 6.48. The highest BCUT2D eigenvalue weighted by molar-refractivity contribution is 9.11. The van der Waals surface area contributed by atoms with Crippen LogP contribution >= 0.6 is 31.9 Å². The van der Waals surface area contributed by atoms with E-state index >= 15 is 0 Å². The van der Waals surface area contributed by atoms with Crippen LogP contribution in [-0.2, 0) is 4.79 Å². The third-order valence-electron chi connectivity index (χ3n) is 2.63. The number of ether oxygens (including phenoxy) is 1. The van der Waals surface area contributed by atoms with Crippen LogP contribution in [0.4, 0.5) is 4.39 Å². The maximum Gasteiger partial charge on any atom is 0.277 e. The zero-order valence-electron chi connectivity index (χ0n) is 11.6. The molecular formula is C15H11Br2FN2O3. The molecule has 0 fully saturated rings. The van der Waals surface area contributed by atoms with Crippen molar-refractivity contribution in [2.45, 2.75) is 0 Å². The molecular weight excluding hydrogens is 435 g/mol. The minimum Gasteiger partial charge on any atom is -0.506 e. The SMILES string of the molecule is O=C(COc1ccc(F)cc1)NN=Cc1cc(Br)cc(Br)c1O. The molecule has 120 valence electrons. The fourth-order valence-corrected chi connectivity index (χ4v) is 2.83. The van der Waals surface area contributed by atoms with Gasteiger partial charge in [0.1, 0.15) is 17.3 Å². The molecule has 5 nitrogen and oxygen atoms in total. The summed E-state index contributed by atoms with van der Waals surface area (Å²) in [6.07, 6.45) is 1.31. The third-order valence-corrected chi connectivity index (χ3v) is 3.70. The lowest BCUT2D eigenvalue weighted by Gasteiger charge is -2.05. The first-order valence-electron chi connectivity index (χ1n) is 6.34. The zero-order valence-corrected chi connectivity index (χ0v) is 14.8. The van der Waals surface area contributed by atoms with Gasteiger partial charge < -0.3 is 9.84 Å². The van der Waals surface area contributed by atoms with Crippen LogP contribution in [0.5, 0.6) is 11.5 Å². The van der Waals surface area contributed by atoms with E-state index in [-0.39, 0.29) is 18.2 Å². The molecule has 2 aromatic rings. The minimum absolute atomic E-state index is 0.00811. The highest BCUT2D eigenvalue weighted by Gasteiger charge is 2.06. The van der Waals surface area contributed by atoms with Gasteiger partial charge in [0.15, 0.2) is 6.61 Å². The first-order valence-corrected chi connectivity index (χ1v) is 7.92. The highest BCUT2D eigenvalue weighted by atomic mass is 79.9. The average Bonchev–Trinajstić information content (AvgIpc) is 2.51. The van der Waals surface area contributed by atoms with Gasteiger partial charge in [0.25, 0.3) is 5.91 Å². The fraction of sp³-hybridized carbons (Fsp3) is 0.0667. The summed E-state index contributed by atoms with van der Waals surface area (Å²) in [7, 11) is 0. The Balaban J connectivity index is 1.88. The van der Waals surface area contributed by atoms with E-state index in [0.717, 1.165) is 4.47 Å². The van der Waals surface area contributed by atoms with Crippen LogP contribution in [-0.4, -0.2) is 23.8 Å². The van der Waals surface area contributed by atoms with E-state index in [4.69, 9.17) is 4.74 Å². The van der Waals surface area contributed by atoms with Crippen molar-refractivity contribution in [3.05, 3.63) is 56.7 Å². The van der Waals surface area contributed by atoms with Crippen LogP contribution in [0.15, 0.2) is 50.4 Å². The van der Waals surface area contributed by atoms with E-state index in [1.165, 1.54) is 30.5 Å². The molecule has 0 bridgehead atoms. The Hall–Kier alpha value is -1.93. The molecule has 0 aliphatic rings. The molecule has 0 saturated heterocycles. The van der Waals surface area contributed by atoms with E-state index < -0.39 is 5.91 Å². The standard InChI is InChI=1S/C15H11Br2FN2O3/c16-10-5-9(15(22)13(17)6-10)7-19-20-14(21)8-23-12-3-1-11(18)2-4-12/h1-7,22H,8H2,(H,20,21). The number of amides is 1. The Morgan fingerprint density at radius 1 is 1.30 bits per heavy atom. The molecule has 0 radical (unpaired) electrons. The van der Waals surface area contributed by atoms with E-state index in [1.807, 2.05) is 0 Å². The molecule has 0 heterocycles. The normalized spacial score (nSPS) is 10.7. The van der Waals surface area contributed by atoms with Crippen molar-refractivity contribution >= 4 is 44.0 Å². The van der Waals surface area contributed by atoms with Gasteiger partial charge in [-0.2, -0.15) is 5.10 Å². The van der Waals surface area contributed by atoms with Gasteiger partial charge in [0.05, 0.1) is 10.7 Å². The highest BCUT2D eigenvalue weighted by Crippen LogP contribution is 2.30. The molecule has 8 heteroatoms. The summed E-state index contributed by atoms with van der Waals surface area (Å²) in [6, 6.07) is 8.64. The molecule has 23 heavy (non-hydrogen) atoms. The monoisotopic (exact) mass is 444 g/mol. The molecule has 2 aromatic carbocycles. The maximum absolute atomic E-state index is 12.7. The predicted octanol–water partition coefficient (Wildman–Crippen LogP) is 3.59. The van der Waals surface area contributed by atoms with E-state index in [0.29, 0.717) is 15.8 Å². The number of benzene rings is 2. The molecule has 0 atom stereocenters. The van der Waals surface area contributed by atoms with Gasteiger partial charge in [-0.1, -0.05) is 15.9 Å². The molecule has 1 amide bonds. The number of phenolic OH excluding ortho intramolecular Hbond substituents is 1. The lowest BCUT2D eigenvalue weighted by molar-refractivity contribution is -0.123. The Morgan fingerprint density at radius 3 is 2.70 bits per heavy atom. The van der Waals surface area contributed by atoms with Crippen molar-refractivity contribution < 1.29 is 19.0 Å². The predicted molar refractivity (Wildman–Crippen MR) is 91.1 cm³/mol. The van der Waals surface area contributed by atoms with Crippen molar-refractivity contribution in [1.29, 1.82) is 0 Å². The van der Waals surface area contributed by atoms with Crippen molar-refractivity contribution in [2.24, 2.45) is 5.10 Å². The molecule has 0 saturated carbocycles. The Morgan fingerprint density at radius 2 is 2.00 bits per heavy atom. The summed E-state index contributed by atoms with van der Waals surface area (Å²) in [6.45, 7) is -0.267. The van der Waals surface area contributed by atoms with Gasteiger partial charge in [0, 0.05) is 10.0 Å². The van der Waals surface area contributed by atoms with Crippen molar-refractivity contribution in [1.82, 2.24) is 5.43 Å². The van der Waals surface area contributed by atoms with Gasteiger partial charge in [-0.05, 0) is 52.3 Å². The zero-order chi connectivity index (χ0) is 16.8. The van der Waals surface area contributed by atoms with Gasteiger partial charge in [-0.25, -0.2) is 9.82 Å². The number of hydrazone groups is 1. The molecule has 2 rings (SSSR count). The Kier molecular flexibility index (Phi) is 6.12. The van der Waals surface area contributed by atoms with Gasteiger partial charge in [0.2, 0.25) is 0 Å². The van der Waals surface area contributed by atoms with Gasteiger partial charge in [-0.15, -0.1) is 0 Å². The Labute approximate surface area is 148 Å². The van der Waals surface area contributed by atoms with Crippen LogP contribution in [0, 0.1) is 5.82 Å². The van der Waals surface area contributed by atoms with Crippen LogP contribution in [0.3, 0.4) is 0 Å². The second-order valence-corrected chi connectivity index (χ2v) is 6.13. The first kappa shape index (κ1) is 17.4. The molecule has 2 N–H and O–H groups in total. The second kappa shape index (κ2) is 8.07. The van der Waals surface area contributed by atoms with Gasteiger partial charge in [-0.3, -0.25) is 4.79 Å². The van der Waals surface area contributed by atoms with E-state index in [9.17, 15) is 14.3 Å².